The van der Waals surface area contributed by atoms with Crippen LogP contribution in [0.5, 0.6) is 0 Å². The number of quaternary nitrogens is 1. The molecule has 8 nitrogen and oxygen atoms in total. The third-order valence-electron chi connectivity index (χ3n) is 11.5. The van der Waals surface area contributed by atoms with Crippen molar-refractivity contribution < 1.29 is 32.9 Å². The highest BCUT2D eigenvalue weighted by atomic mass is 31.2. The van der Waals surface area contributed by atoms with E-state index < -0.39 is 20.0 Å². The molecule has 0 saturated heterocycles. The largest absolute Gasteiger partial charge is 0.756 e. The number of unbranched alkanes of at least 4 members (excludes halogenated alkanes) is 15. The summed E-state index contributed by atoms with van der Waals surface area (Å²) in [4.78, 5) is 25.4. The van der Waals surface area contributed by atoms with Gasteiger partial charge < -0.3 is 28.8 Å². The van der Waals surface area contributed by atoms with Gasteiger partial charge in [-0.15, -0.1) is 0 Å². The smallest absolute Gasteiger partial charge is 0.268 e. The summed E-state index contributed by atoms with van der Waals surface area (Å²) in [5, 5.41) is 13.9. The van der Waals surface area contributed by atoms with Gasteiger partial charge in [-0.1, -0.05) is 225 Å². The average Bonchev–Trinajstić information content (AvgIpc) is 3.31. The minimum absolute atomic E-state index is 0.00325. The molecule has 0 radical (unpaired) electrons. The summed E-state index contributed by atoms with van der Waals surface area (Å²) in [6, 6.07) is -0.833. The zero-order chi connectivity index (χ0) is 50.6. The summed E-state index contributed by atoms with van der Waals surface area (Å²) in [6.45, 7) is 4.55. The Morgan fingerprint density at radius 2 is 0.884 bits per heavy atom. The molecule has 0 aromatic heterocycles. The first kappa shape index (κ1) is 65.9. The van der Waals surface area contributed by atoms with Crippen LogP contribution in [0.2, 0.25) is 0 Å². The van der Waals surface area contributed by atoms with Crippen LogP contribution in [0.1, 0.15) is 200 Å². The number of allylic oxidation sites excluding steroid dienone is 20. The van der Waals surface area contributed by atoms with Gasteiger partial charge in [0.05, 0.1) is 39.9 Å². The Bertz CT molecular complexity index is 1530. The van der Waals surface area contributed by atoms with Crippen LogP contribution in [0.15, 0.2) is 122 Å². The van der Waals surface area contributed by atoms with E-state index in [1.807, 2.05) is 21.1 Å². The Kier molecular flexibility index (Phi) is 47.6. The molecule has 0 aromatic carbocycles. The standard InChI is InChI=1S/C60H103N2O6P/c1-6-8-10-12-14-16-18-20-22-23-24-25-26-27-28-29-30-31-32-33-34-35-36-37-38-39-40-42-44-46-48-50-52-54-60(64)61-58(57-68-69(65,66)67-56-55-62(3,4)5)59(63)53-51-49-47-45-43-41-21-19-17-15-13-11-9-7-2/h8,10,14,16,20,22,24-25,27-28,30-31,33-34,36-37,39-40,44,46,58-59,63H,6-7,9,11-13,15,17-19,21,23,26,29,32,35,38,41-43,45,47-57H2,1-5H3,(H-,61,64,65,66)/b10-8-,16-14-,22-20-,25-24-,28-27-,31-30-,34-33-,37-36-,40-39-,46-44-. The molecule has 0 saturated carbocycles. The monoisotopic (exact) mass is 979 g/mol. The molecule has 0 bridgehead atoms. The first-order valence-corrected chi connectivity index (χ1v) is 28.8. The van der Waals surface area contributed by atoms with Crippen molar-refractivity contribution in [1.29, 1.82) is 0 Å². The van der Waals surface area contributed by atoms with Gasteiger partial charge in [-0.2, -0.15) is 0 Å². The molecule has 0 rings (SSSR count). The topological polar surface area (TPSA) is 108 Å². The molecule has 0 heterocycles. The van der Waals surface area contributed by atoms with Gasteiger partial charge in [-0.05, 0) is 89.9 Å². The second-order valence-corrected chi connectivity index (χ2v) is 20.6. The average molecular weight is 979 g/mol. The molecule has 9 heteroatoms. The van der Waals surface area contributed by atoms with Crippen molar-refractivity contribution in [2.45, 2.75) is 212 Å². The molecule has 0 fully saturated rings. The molecule has 1 amide bonds. The first-order chi connectivity index (χ1) is 33.5. The number of amides is 1. The number of rotatable bonds is 48. The van der Waals surface area contributed by atoms with Crippen LogP contribution >= 0.6 is 7.82 Å². The van der Waals surface area contributed by atoms with Gasteiger partial charge in [0.15, 0.2) is 0 Å². The van der Waals surface area contributed by atoms with Crippen molar-refractivity contribution in [2.24, 2.45) is 0 Å². The van der Waals surface area contributed by atoms with Crippen molar-refractivity contribution in [3.8, 4) is 0 Å². The zero-order valence-corrected chi connectivity index (χ0v) is 45.6. The number of phosphoric ester groups is 1. The normalized spacial score (nSPS) is 14.9. The van der Waals surface area contributed by atoms with Gasteiger partial charge in [0.2, 0.25) is 5.91 Å². The predicted octanol–water partition coefficient (Wildman–Crippen LogP) is 16.0. The van der Waals surface area contributed by atoms with Gasteiger partial charge >= 0.3 is 0 Å². The maximum absolute atomic E-state index is 12.9. The van der Waals surface area contributed by atoms with E-state index in [0.717, 1.165) is 96.3 Å². The lowest BCUT2D eigenvalue weighted by Gasteiger charge is -2.30. The number of hydrogen-bond acceptors (Lipinski definition) is 6. The Hall–Kier alpha value is -3.10. The molecule has 0 aliphatic rings. The van der Waals surface area contributed by atoms with E-state index in [2.05, 4.69) is 141 Å². The Morgan fingerprint density at radius 3 is 1.26 bits per heavy atom. The summed E-state index contributed by atoms with van der Waals surface area (Å²) >= 11 is 0. The Labute approximate surface area is 424 Å². The van der Waals surface area contributed by atoms with Crippen molar-refractivity contribution in [3.05, 3.63) is 122 Å². The van der Waals surface area contributed by atoms with Gasteiger partial charge in [0.1, 0.15) is 13.2 Å². The number of nitrogens with zero attached hydrogens (tertiary/aromatic N) is 1. The number of nitrogens with one attached hydrogen (secondary N) is 1. The number of likely N-dealkylation sites (N-methyl/N-ethyl adjacent to an activating group) is 1. The fraction of sp³-hybridized carbons (Fsp3) is 0.650. The predicted molar refractivity (Wildman–Crippen MR) is 297 cm³/mol. The van der Waals surface area contributed by atoms with Crippen LogP contribution in [0.25, 0.3) is 0 Å². The van der Waals surface area contributed by atoms with E-state index in [0.29, 0.717) is 30.3 Å². The lowest BCUT2D eigenvalue weighted by atomic mass is 10.0. The summed E-state index contributed by atoms with van der Waals surface area (Å²) in [7, 11) is 1.26. The van der Waals surface area contributed by atoms with E-state index in [9.17, 15) is 19.4 Å². The molecule has 0 aliphatic carbocycles. The molecule has 69 heavy (non-hydrogen) atoms. The number of phosphoric acid groups is 1. The molecule has 0 spiro atoms. The summed E-state index contributed by atoms with van der Waals surface area (Å²) in [5.41, 5.74) is 0. The van der Waals surface area contributed by atoms with Crippen LogP contribution in [0.3, 0.4) is 0 Å². The molecular weight excluding hydrogens is 876 g/mol. The van der Waals surface area contributed by atoms with Gasteiger partial charge in [-0.25, -0.2) is 0 Å². The number of aliphatic hydroxyl groups excluding tert-OH is 1. The van der Waals surface area contributed by atoms with Crippen LogP contribution in [-0.4, -0.2) is 68.5 Å². The SMILES string of the molecule is CC/C=C\C/C=C\C/C=C\C/C=C\C/C=C\C/C=C\C/C=C\C/C=C\C/C=C\C/C=C\CCCCC(=O)NC(COP(=O)([O-])OCC[N+](C)(C)C)C(O)CCCCCCCCCCCCCCCC. The summed E-state index contributed by atoms with van der Waals surface area (Å²) in [5.74, 6) is -0.212. The highest BCUT2D eigenvalue weighted by molar-refractivity contribution is 7.45. The van der Waals surface area contributed by atoms with E-state index in [1.54, 1.807) is 0 Å². The fourth-order valence-corrected chi connectivity index (χ4v) is 7.91. The number of hydrogen-bond donors (Lipinski definition) is 2. The van der Waals surface area contributed by atoms with Crippen molar-refractivity contribution in [2.75, 3.05) is 40.9 Å². The molecule has 3 unspecified atom stereocenters. The molecular formula is C60H103N2O6P. The van der Waals surface area contributed by atoms with E-state index in [1.165, 1.54) is 70.6 Å². The molecule has 3 atom stereocenters. The number of aliphatic hydroxyl groups is 1. The third kappa shape index (κ3) is 52.6. The van der Waals surface area contributed by atoms with Crippen LogP contribution in [0.4, 0.5) is 0 Å². The van der Waals surface area contributed by atoms with Gasteiger partial charge in [0, 0.05) is 6.42 Å². The van der Waals surface area contributed by atoms with E-state index in [-0.39, 0.29) is 19.1 Å². The number of carbonyl (C=O) groups excluding carboxylic acids is 1. The minimum Gasteiger partial charge on any atom is -0.756 e. The quantitative estimate of drug-likeness (QED) is 0.0272. The summed E-state index contributed by atoms with van der Waals surface area (Å²) < 4.78 is 23.3. The molecule has 0 aliphatic heterocycles. The van der Waals surface area contributed by atoms with Crippen LogP contribution in [0, 0.1) is 0 Å². The second-order valence-electron chi connectivity index (χ2n) is 19.2. The highest BCUT2D eigenvalue weighted by Crippen LogP contribution is 2.38. The second kappa shape index (κ2) is 49.9. The van der Waals surface area contributed by atoms with Crippen molar-refractivity contribution in [1.82, 2.24) is 5.32 Å². The Balaban J connectivity index is 4.30. The molecule has 394 valence electrons. The zero-order valence-electron chi connectivity index (χ0n) is 44.7. The van der Waals surface area contributed by atoms with Gasteiger partial charge in [-0.3, -0.25) is 9.36 Å². The maximum atomic E-state index is 12.9. The lowest BCUT2D eigenvalue weighted by molar-refractivity contribution is -0.870. The van der Waals surface area contributed by atoms with Crippen LogP contribution < -0.4 is 10.2 Å². The first-order valence-electron chi connectivity index (χ1n) is 27.4. The minimum atomic E-state index is -4.59. The molecule has 0 aromatic rings. The summed E-state index contributed by atoms with van der Waals surface area (Å²) in [6.07, 6.45) is 73.7. The fourth-order valence-electron chi connectivity index (χ4n) is 7.18. The van der Waals surface area contributed by atoms with Crippen LogP contribution in [-0.2, 0) is 18.4 Å². The maximum Gasteiger partial charge on any atom is 0.268 e. The third-order valence-corrected chi connectivity index (χ3v) is 12.4. The van der Waals surface area contributed by atoms with Crippen molar-refractivity contribution in [3.63, 3.8) is 0 Å². The van der Waals surface area contributed by atoms with Crippen molar-refractivity contribution >= 4 is 13.7 Å². The van der Waals surface area contributed by atoms with Gasteiger partial charge in [0.25, 0.3) is 7.82 Å². The lowest BCUT2D eigenvalue weighted by Crippen LogP contribution is -2.46. The van der Waals surface area contributed by atoms with E-state index >= 15 is 0 Å². The highest BCUT2D eigenvalue weighted by Gasteiger charge is 2.24. The molecule has 2 N–H and O–H groups in total. The Morgan fingerprint density at radius 1 is 0.522 bits per heavy atom. The number of carbonyl (C=O) groups is 1. The van der Waals surface area contributed by atoms with E-state index in [4.69, 9.17) is 9.05 Å².